The molecule has 0 saturated heterocycles. The molecule has 0 aliphatic carbocycles. The van der Waals surface area contributed by atoms with Gasteiger partial charge in [-0.2, -0.15) is 5.10 Å². The molecule has 0 spiro atoms. The van der Waals surface area contributed by atoms with E-state index in [2.05, 4.69) is 10.1 Å². The molecule has 0 N–H and O–H groups in total. The topological polar surface area (TPSA) is 51.0 Å². The number of carbonyl (C=O) groups excluding carboxylic acids is 1. The van der Waals surface area contributed by atoms with E-state index in [1.54, 1.807) is 9.58 Å². The highest BCUT2D eigenvalue weighted by Gasteiger charge is 2.26. The van der Waals surface area contributed by atoms with Gasteiger partial charge in [-0.1, -0.05) is 11.6 Å². The van der Waals surface area contributed by atoms with Crippen LogP contribution in [0.4, 0.5) is 13.2 Å². The molecule has 0 fully saturated rings. The van der Waals surface area contributed by atoms with Gasteiger partial charge in [-0.05, 0) is 24.3 Å². The lowest BCUT2D eigenvalue weighted by atomic mass is 10.0. The lowest BCUT2D eigenvalue weighted by Crippen LogP contribution is -2.39. The fourth-order valence-corrected chi connectivity index (χ4v) is 3.38. The number of benzene rings is 1. The summed E-state index contributed by atoms with van der Waals surface area (Å²) in [4.78, 5) is 18.1. The first-order valence-electron chi connectivity index (χ1n) is 8.51. The number of halogens is 4. The van der Waals surface area contributed by atoms with Gasteiger partial charge in [-0.15, -0.1) is 0 Å². The van der Waals surface area contributed by atoms with Crippen LogP contribution < -0.4 is 0 Å². The predicted molar refractivity (Wildman–Crippen MR) is 95.9 cm³/mol. The molecule has 1 amide bonds. The number of amides is 1. The molecule has 1 aliphatic rings. The summed E-state index contributed by atoms with van der Waals surface area (Å²) in [7, 11) is 0. The van der Waals surface area contributed by atoms with Crippen molar-refractivity contribution in [2.24, 2.45) is 0 Å². The lowest BCUT2D eigenvalue weighted by Gasteiger charge is -2.28. The quantitative estimate of drug-likeness (QED) is 0.624. The Labute approximate surface area is 163 Å². The van der Waals surface area contributed by atoms with Crippen molar-refractivity contribution < 1.29 is 18.0 Å². The Kier molecular flexibility index (Phi) is 4.80. The fourth-order valence-electron chi connectivity index (χ4n) is 3.21. The van der Waals surface area contributed by atoms with Crippen molar-refractivity contribution in [3.63, 3.8) is 0 Å². The minimum absolute atomic E-state index is 0.0334. The number of hydrogen-bond acceptors (Lipinski definition) is 3. The molecule has 0 atom stereocenters. The van der Waals surface area contributed by atoms with E-state index < -0.39 is 17.5 Å². The molecule has 28 heavy (non-hydrogen) atoms. The number of pyridine rings is 1. The summed E-state index contributed by atoms with van der Waals surface area (Å²) in [6, 6.07) is 5.92. The van der Waals surface area contributed by atoms with Crippen LogP contribution in [-0.2, 0) is 24.3 Å². The second-order valence-corrected chi connectivity index (χ2v) is 6.78. The summed E-state index contributed by atoms with van der Waals surface area (Å²) < 4.78 is 42.3. The molecular formula is C19H14ClF3N4O. The van der Waals surface area contributed by atoms with Crippen LogP contribution in [0.1, 0.15) is 11.4 Å². The van der Waals surface area contributed by atoms with Crippen molar-refractivity contribution in [2.45, 2.75) is 19.5 Å². The molecule has 3 heterocycles. The number of fused-ring (bicyclic) bond motifs is 1. The number of hydrogen-bond donors (Lipinski definition) is 0. The van der Waals surface area contributed by atoms with Gasteiger partial charge in [0.1, 0.15) is 11.6 Å². The molecule has 9 heteroatoms. The number of rotatable bonds is 3. The van der Waals surface area contributed by atoms with Gasteiger partial charge in [0.2, 0.25) is 5.91 Å². The monoisotopic (exact) mass is 406 g/mol. The summed E-state index contributed by atoms with van der Waals surface area (Å²) in [5, 5.41) is 3.96. The average Bonchev–Trinajstić information content (AvgIpc) is 3.08. The van der Waals surface area contributed by atoms with Gasteiger partial charge in [0.15, 0.2) is 11.0 Å². The summed E-state index contributed by atoms with van der Waals surface area (Å²) in [6.45, 7) is 1.09. The highest BCUT2D eigenvalue weighted by molar-refractivity contribution is 6.29. The summed E-state index contributed by atoms with van der Waals surface area (Å²) in [6.07, 6.45) is 1.48. The molecule has 0 bridgehead atoms. The van der Waals surface area contributed by atoms with E-state index in [4.69, 9.17) is 11.6 Å². The highest BCUT2D eigenvalue weighted by Crippen LogP contribution is 2.29. The van der Waals surface area contributed by atoms with Crippen LogP contribution in [-0.4, -0.2) is 32.1 Å². The Bertz CT molecular complexity index is 1070. The van der Waals surface area contributed by atoms with Gasteiger partial charge in [0, 0.05) is 23.7 Å². The molecule has 1 aromatic carbocycles. The predicted octanol–water partition coefficient (Wildman–Crippen LogP) is 3.60. The molecule has 3 aromatic rings. The van der Waals surface area contributed by atoms with Crippen molar-refractivity contribution in [3.8, 4) is 11.1 Å². The smallest absolute Gasteiger partial charge is 0.229 e. The molecule has 144 valence electrons. The van der Waals surface area contributed by atoms with Crippen molar-refractivity contribution in [3.05, 3.63) is 70.5 Å². The molecule has 0 unspecified atom stereocenters. The average molecular weight is 407 g/mol. The summed E-state index contributed by atoms with van der Waals surface area (Å²) in [5.74, 6) is -2.21. The first-order valence-corrected chi connectivity index (χ1v) is 8.89. The van der Waals surface area contributed by atoms with E-state index in [1.165, 1.54) is 30.5 Å². The fraction of sp³-hybridized carbons (Fsp3) is 0.211. The van der Waals surface area contributed by atoms with E-state index in [0.717, 1.165) is 6.07 Å². The number of nitrogens with zero attached hydrogens (tertiary/aromatic N) is 4. The van der Waals surface area contributed by atoms with Crippen molar-refractivity contribution in [1.29, 1.82) is 0 Å². The maximum absolute atomic E-state index is 14.2. The maximum Gasteiger partial charge on any atom is 0.229 e. The van der Waals surface area contributed by atoms with Crippen LogP contribution in [0.2, 0.25) is 5.15 Å². The molecule has 5 nitrogen and oxygen atoms in total. The van der Waals surface area contributed by atoms with Gasteiger partial charge < -0.3 is 4.90 Å². The number of carbonyl (C=O) groups is 1. The Morgan fingerprint density at radius 3 is 2.64 bits per heavy atom. The van der Waals surface area contributed by atoms with E-state index in [0.29, 0.717) is 30.0 Å². The van der Waals surface area contributed by atoms with Gasteiger partial charge in [-0.3, -0.25) is 9.48 Å². The molecule has 2 aromatic heterocycles. The zero-order valence-electron chi connectivity index (χ0n) is 14.5. The van der Waals surface area contributed by atoms with Gasteiger partial charge in [-0.25, -0.2) is 18.2 Å². The van der Waals surface area contributed by atoms with Gasteiger partial charge in [0.25, 0.3) is 0 Å². The van der Waals surface area contributed by atoms with Crippen molar-refractivity contribution in [1.82, 2.24) is 19.7 Å². The molecule has 0 saturated carbocycles. The second kappa shape index (κ2) is 7.27. The summed E-state index contributed by atoms with van der Waals surface area (Å²) in [5.41, 5.74) is 1.76. The first kappa shape index (κ1) is 18.5. The molecule has 0 radical (unpaired) electrons. The van der Waals surface area contributed by atoms with Crippen LogP contribution in [0.3, 0.4) is 0 Å². The van der Waals surface area contributed by atoms with E-state index in [1.807, 2.05) is 0 Å². The zero-order valence-corrected chi connectivity index (χ0v) is 15.3. The van der Waals surface area contributed by atoms with Crippen molar-refractivity contribution in [2.75, 3.05) is 6.54 Å². The van der Waals surface area contributed by atoms with Gasteiger partial charge >= 0.3 is 0 Å². The van der Waals surface area contributed by atoms with Crippen LogP contribution in [0.25, 0.3) is 11.1 Å². The Morgan fingerprint density at radius 1 is 1.07 bits per heavy atom. The van der Waals surface area contributed by atoms with E-state index in [9.17, 15) is 18.0 Å². The van der Waals surface area contributed by atoms with Gasteiger partial charge in [0.05, 0.1) is 37.1 Å². The first-order chi connectivity index (χ1) is 13.4. The zero-order chi connectivity index (χ0) is 19.8. The molecular weight excluding hydrogens is 393 g/mol. The largest absolute Gasteiger partial charge is 0.335 e. The van der Waals surface area contributed by atoms with E-state index in [-0.39, 0.29) is 29.6 Å². The van der Waals surface area contributed by atoms with Crippen LogP contribution in [0, 0.1) is 17.5 Å². The minimum atomic E-state index is -0.690. The maximum atomic E-state index is 14.2. The number of aromatic nitrogens is 3. The third-order valence-electron chi connectivity index (χ3n) is 4.64. The standard InChI is InChI=1S/C19H14ClF3N4O/c20-19-15(22)4-2-12(25-19)8-18(28)26-5-6-27-17(10-26)14(9-24-27)13-3-1-11(21)7-16(13)23/h1-4,7,9H,5-6,8,10H2. The van der Waals surface area contributed by atoms with E-state index >= 15 is 0 Å². The second-order valence-electron chi connectivity index (χ2n) is 6.42. The molecule has 1 aliphatic heterocycles. The molecule has 4 rings (SSSR count). The third-order valence-corrected chi connectivity index (χ3v) is 4.90. The van der Waals surface area contributed by atoms with Crippen LogP contribution >= 0.6 is 11.6 Å². The lowest BCUT2D eigenvalue weighted by molar-refractivity contribution is -0.132. The minimum Gasteiger partial charge on any atom is -0.335 e. The Morgan fingerprint density at radius 2 is 1.89 bits per heavy atom. The SMILES string of the molecule is O=C(Cc1ccc(F)c(Cl)n1)N1CCn2ncc(-c3ccc(F)cc3F)c2C1. The highest BCUT2D eigenvalue weighted by atomic mass is 35.5. The third kappa shape index (κ3) is 3.47. The summed E-state index contributed by atoms with van der Waals surface area (Å²) >= 11 is 5.67. The Hall–Kier alpha value is -2.87. The van der Waals surface area contributed by atoms with Crippen LogP contribution in [0.15, 0.2) is 36.5 Å². The Balaban J connectivity index is 1.56. The van der Waals surface area contributed by atoms with Crippen molar-refractivity contribution >= 4 is 17.5 Å². The normalized spacial score (nSPS) is 13.5. The van der Waals surface area contributed by atoms with Crippen LogP contribution in [0.5, 0.6) is 0 Å².